The molecule has 0 aromatic rings. The molecule has 0 amide bonds. The minimum absolute atomic E-state index is 0.666. The van der Waals surface area contributed by atoms with Crippen molar-refractivity contribution >= 4 is 0 Å². The molecule has 0 radical (unpaired) electrons. The predicted octanol–water partition coefficient (Wildman–Crippen LogP) is 1.49. The first-order valence-electron chi connectivity index (χ1n) is 7.34. The monoisotopic (exact) mass is 258 g/mol. The van der Waals surface area contributed by atoms with E-state index in [0.717, 1.165) is 26.2 Å². The van der Waals surface area contributed by atoms with E-state index in [0.29, 0.717) is 25.2 Å². The summed E-state index contributed by atoms with van der Waals surface area (Å²) in [6.45, 7) is 7.34. The van der Waals surface area contributed by atoms with Crippen LogP contribution in [0.4, 0.5) is 0 Å². The molecule has 2 N–H and O–H groups in total. The first-order chi connectivity index (χ1) is 8.83. The van der Waals surface area contributed by atoms with E-state index in [2.05, 4.69) is 11.8 Å². The fourth-order valence-electron chi connectivity index (χ4n) is 2.93. The van der Waals surface area contributed by atoms with Gasteiger partial charge >= 0.3 is 0 Å². The van der Waals surface area contributed by atoms with Gasteiger partial charge in [0.1, 0.15) is 0 Å². The normalized spacial score (nSPS) is 24.7. The zero-order valence-corrected chi connectivity index (χ0v) is 12.1. The second-order valence-corrected chi connectivity index (χ2v) is 5.08. The summed E-state index contributed by atoms with van der Waals surface area (Å²) >= 11 is 0. The number of hydrogen-bond acceptors (Lipinski definition) is 4. The molecule has 1 aliphatic rings. The van der Waals surface area contributed by atoms with Crippen LogP contribution >= 0.6 is 0 Å². The van der Waals surface area contributed by atoms with Crippen molar-refractivity contribution in [1.29, 1.82) is 0 Å². The number of nitrogens with zero attached hydrogens (tertiary/aromatic N) is 1. The van der Waals surface area contributed by atoms with Crippen molar-refractivity contribution in [3.63, 3.8) is 0 Å². The lowest BCUT2D eigenvalue weighted by Gasteiger charge is -2.39. The number of likely N-dealkylation sites (N-methyl/N-ethyl adjacent to an activating group) is 1. The van der Waals surface area contributed by atoms with Crippen molar-refractivity contribution < 1.29 is 9.47 Å². The number of rotatable bonds is 9. The summed E-state index contributed by atoms with van der Waals surface area (Å²) in [5.41, 5.74) is 5.91. The highest BCUT2D eigenvalue weighted by molar-refractivity contribution is 4.83. The Morgan fingerprint density at radius 1 is 1.17 bits per heavy atom. The van der Waals surface area contributed by atoms with Crippen LogP contribution in [0.2, 0.25) is 0 Å². The molecule has 1 saturated carbocycles. The lowest BCUT2D eigenvalue weighted by atomic mass is 9.83. The van der Waals surface area contributed by atoms with Gasteiger partial charge < -0.3 is 15.2 Å². The molecular weight excluding hydrogens is 228 g/mol. The van der Waals surface area contributed by atoms with E-state index in [-0.39, 0.29) is 0 Å². The fourth-order valence-corrected chi connectivity index (χ4v) is 2.93. The second kappa shape index (κ2) is 9.73. The van der Waals surface area contributed by atoms with Crippen molar-refractivity contribution in [2.24, 2.45) is 11.7 Å². The molecule has 1 fully saturated rings. The summed E-state index contributed by atoms with van der Waals surface area (Å²) in [7, 11) is 1.70. The number of methoxy groups -OCH3 is 1. The molecule has 0 aromatic heterocycles. The van der Waals surface area contributed by atoms with Gasteiger partial charge in [-0.15, -0.1) is 0 Å². The van der Waals surface area contributed by atoms with Crippen LogP contribution in [0.25, 0.3) is 0 Å². The van der Waals surface area contributed by atoms with E-state index >= 15 is 0 Å². The molecule has 0 saturated heterocycles. The van der Waals surface area contributed by atoms with Crippen LogP contribution in [0.1, 0.15) is 32.6 Å². The Hall–Kier alpha value is -0.160. The predicted molar refractivity (Wildman–Crippen MR) is 74.7 cm³/mol. The summed E-state index contributed by atoms with van der Waals surface area (Å²) in [4.78, 5) is 2.55. The Labute approximate surface area is 112 Å². The lowest BCUT2D eigenvalue weighted by molar-refractivity contribution is 0.0368. The van der Waals surface area contributed by atoms with Gasteiger partial charge in [-0.25, -0.2) is 0 Å². The number of hydrogen-bond donors (Lipinski definition) is 1. The van der Waals surface area contributed by atoms with Gasteiger partial charge in [-0.3, -0.25) is 4.90 Å². The zero-order valence-electron chi connectivity index (χ0n) is 12.1. The van der Waals surface area contributed by atoms with Gasteiger partial charge in [0.15, 0.2) is 0 Å². The van der Waals surface area contributed by atoms with Crippen LogP contribution in [-0.2, 0) is 9.47 Å². The topological polar surface area (TPSA) is 47.7 Å². The molecule has 108 valence electrons. The van der Waals surface area contributed by atoms with Crippen LogP contribution in [0.5, 0.6) is 0 Å². The Morgan fingerprint density at radius 2 is 1.94 bits per heavy atom. The Kier molecular flexibility index (Phi) is 8.59. The number of nitrogens with two attached hydrogens (primary N) is 1. The molecule has 18 heavy (non-hydrogen) atoms. The Morgan fingerprint density at radius 3 is 2.61 bits per heavy atom. The third-order valence-corrected chi connectivity index (χ3v) is 4.00. The van der Waals surface area contributed by atoms with Crippen molar-refractivity contribution in [2.75, 3.05) is 46.6 Å². The molecular formula is C14H30N2O2. The molecule has 0 bridgehead atoms. The van der Waals surface area contributed by atoms with Crippen LogP contribution in [0.15, 0.2) is 0 Å². The van der Waals surface area contributed by atoms with Crippen molar-refractivity contribution in [1.82, 2.24) is 4.90 Å². The SMILES string of the molecule is CCN(CCOCCOC)C1CCCCC1CN. The quantitative estimate of drug-likeness (QED) is 0.637. The summed E-state index contributed by atoms with van der Waals surface area (Å²) in [5.74, 6) is 0.678. The highest BCUT2D eigenvalue weighted by Crippen LogP contribution is 2.27. The van der Waals surface area contributed by atoms with E-state index in [9.17, 15) is 0 Å². The van der Waals surface area contributed by atoms with E-state index < -0.39 is 0 Å². The zero-order chi connectivity index (χ0) is 13.2. The largest absolute Gasteiger partial charge is 0.382 e. The molecule has 0 aromatic carbocycles. The second-order valence-electron chi connectivity index (χ2n) is 5.08. The first-order valence-corrected chi connectivity index (χ1v) is 7.34. The molecule has 0 heterocycles. The van der Waals surface area contributed by atoms with Crippen molar-refractivity contribution in [2.45, 2.75) is 38.6 Å². The fraction of sp³-hybridized carbons (Fsp3) is 1.00. The molecule has 4 heteroatoms. The third-order valence-electron chi connectivity index (χ3n) is 4.00. The van der Waals surface area contributed by atoms with Gasteiger partial charge in [0.05, 0.1) is 19.8 Å². The lowest BCUT2D eigenvalue weighted by Crippen LogP contribution is -2.46. The maximum absolute atomic E-state index is 5.91. The standard InChI is InChI=1S/C14H30N2O2/c1-3-16(8-9-18-11-10-17-2)14-7-5-4-6-13(14)12-15/h13-14H,3-12,15H2,1-2H3. The molecule has 2 atom stereocenters. The average molecular weight is 258 g/mol. The Bertz CT molecular complexity index is 202. The van der Waals surface area contributed by atoms with E-state index in [1.54, 1.807) is 7.11 Å². The van der Waals surface area contributed by atoms with Gasteiger partial charge in [-0.2, -0.15) is 0 Å². The van der Waals surface area contributed by atoms with Gasteiger partial charge in [0, 0.05) is 19.7 Å². The van der Waals surface area contributed by atoms with Crippen molar-refractivity contribution in [3.8, 4) is 0 Å². The molecule has 0 aliphatic heterocycles. The third kappa shape index (κ3) is 5.22. The van der Waals surface area contributed by atoms with E-state index in [1.165, 1.54) is 25.7 Å². The van der Waals surface area contributed by atoms with Crippen molar-refractivity contribution in [3.05, 3.63) is 0 Å². The van der Waals surface area contributed by atoms with Gasteiger partial charge in [0.25, 0.3) is 0 Å². The first kappa shape index (κ1) is 15.9. The molecule has 0 spiro atoms. The molecule has 4 nitrogen and oxygen atoms in total. The van der Waals surface area contributed by atoms with Gasteiger partial charge in [-0.05, 0) is 31.8 Å². The maximum atomic E-state index is 5.91. The highest BCUT2D eigenvalue weighted by Gasteiger charge is 2.28. The van der Waals surface area contributed by atoms with Crippen LogP contribution < -0.4 is 5.73 Å². The average Bonchev–Trinajstić information content (AvgIpc) is 2.43. The minimum Gasteiger partial charge on any atom is -0.382 e. The van der Waals surface area contributed by atoms with Crippen LogP contribution in [0, 0.1) is 5.92 Å². The van der Waals surface area contributed by atoms with E-state index in [4.69, 9.17) is 15.2 Å². The number of ether oxygens (including phenoxy) is 2. The summed E-state index contributed by atoms with van der Waals surface area (Å²) in [6, 6.07) is 0.666. The van der Waals surface area contributed by atoms with Crippen LogP contribution in [0.3, 0.4) is 0 Å². The summed E-state index contributed by atoms with van der Waals surface area (Å²) in [6.07, 6.45) is 5.29. The molecule has 1 rings (SSSR count). The van der Waals surface area contributed by atoms with Gasteiger partial charge in [0.2, 0.25) is 0 Å². The highest BCUT2D eigenvalue weighted by atomic mass is 16.5. The van der Waals surface area contributed by atoms with E-state index in [1.807, 2.05) is 0 Å². The smallest absolute Gasteiger partial charge is 0.0700 e. The van der Waals surface area contributed by atoms with Gasteiger partial charge in [-0.1, -0.05) is 19.8 Å². The molecule has 2 unspecified atom stereocenters. The van der Waals surface area contributed by atoms with Crippen LogP contribution in [-0.4, -0.2) is 57.5 Å². The molecule has 1 aliphatic carbocycles. The minimum atomic E-state index is 0.666. The summed E-state index contributed by atoms with van der Waals surface area (Å²) < 4.78 is 10.5. The maximum Gasteiger partial charge on any atom is 0.0700 e. The summed E-state index contributed by atoms with van der Waals surface area (Å²) in [5, 5.41) is 0. The Balaban J connectivity index is 2.29.